The lowest BCUT2D eigenvalue weighted by Gasteiger charge is -2.44. The van der Waals surface area contributed by atoms with Crippen molar-refractivity contribution in [1.82, 2.24) is 4.90 Å². The number of carbonyl (C=O) groups is 1. The first-order valence-corrected chi connectivity index (χ1v) is 9.64. The summed E-state index contributed by atoms with van der Waals surface area (Å²) in [6.07, 6.45) is 5.40. The zero-order valence-electron chi connectivity index (χ0n) is 13.2. The summed E-state index contributed by atoms with van der Waals surface area (Å²) in [4.78, 5) is 15.2. The molecule has 3 saturated heterocycles. The molecule has 0 amide bonds. The van der Waals surface area contributed by atoms with Crippen molar-refractivity contribution in [3.8, 4) is 0 Å². The Kier molecular flexibility index (Phi) is 5.42. The number of fused-ring (bicyclic) bond motifs is 3. The highest BCUT2D eigenvalue weighted by Gasteiger charge is 2.37. The van der Waals surface area contributed by atoms with Crippen LogP contribution in [0.1, 0.15) is 30.7 Å². The Labute approximate surface area is 137 Å². The molecular formula is C18H25NO2S. The molecule has 0 aromatic heterocycles. The number of esters is 1. The summed E-state index contributed by atoms with van der Waals surface area (Å²) in [6, 6.07) is 10.1. The first kappa shape index (κ1) is 15.9. The van der Waals surface area contributed by atoms with Crippen molar-refractivity contribution in [3.05, 3.63) is 35.9 Å². The lowest BCUT2D eigenvalue weighted by molar-refractivity contribution is -0.160. The normalized spacial score (nSPS) is 28.3. The zero-order valence-corrected chi connectivity index (χ0v) is 14.1. The number of rotatable bonds is 6. The molecule has 1 aromatic rings. The van der Waals surface area contributed by atoms with Crippen LogP contribution in [0.2, 0.25) is 0 Å². The van der Waals surface area contributed by atoms with Crippen LogP contribution in [0.4, 0.5) is 0 Å². The number of ether oxygens (including phenoxy) is 1. The van der Waals surface area contributed by atoms with E-state index in [1.54, 1.807) is 11.8 Å². The Hall–Kier alpha value is -1.00. The molecule has 4 rings (SSSR count). The summed E-state index contributed by atoms with van der Waals surface area (Å²) >= 11 is 1.78. The molecular weight excluding hydrogens is 294 g/mol. The van der Waals surface area contributed by atoms with Gasteiger partial charge in [-0.1, -0.05) is 30.3 Å². The van der Waals surface area contributed by atoms with E-state index in [-0.39, 0.29) is 18.0 Å². The zero-order chi connectivity index (χ0) is 15.4. The van der Waals surface area contributed by atoms with Gasteiger partial charge in [0.15, 0.2) is 0 Å². The Balaban J connectivity index is 1.66. The number of hydrogen-bond acceptors (Lipinski definition) is 4. The average Bonchev–Trinajstić information content (AvgIpc) is 2.57. The standard InChI is InChI=1S/C18H25NO2S/c1-22-12-9-16(14-5-3-2-4-6-14)18(20)21-17-13-19-10-7-15(17)8-11-19/h2-6,15-17H,7-13H2,1H3/t16?,17-/m0/s1. The van der Waals surface area contributed by atoms with Gasteiger partial charge in [-0.2, -0.15) is 11.8 Å². The molecule has 3 aliphatic rings. The van der Waals surface area contributed by atoms with Crippen molar-refractivity contribution < 1.29 is 9.53 Å². The number of benzene rings is 1. The van der Waals surface area contributed by atoms with Gasteiger partial charge < -0.3 is 4.74 Å². The minimum Gasteiger partial charge on any atom is -0.460 e. The van der Waals surface area contributed by atoms with E-state index in [0.29, 0.717) is 5.92 Å². The molecule has 0 aliphatic carbocycles. The van der Waals surface area contributed by atoms with Crippen LogP contribution in [0.25, 0.3) is 0 Å². The predicted octanol–water partition coefficient (Wildman–Crippen LogP) is 3.16. The van der Waals surface area contributed by atoms with E-state index in [0.717, 1.165) is 24.3 Å². The summed E-state index contributed by atoms with van der Waals surface area (Å²) in [5, 5.41) is 0. The molecule has 3 nitrogen and oxygen atoms in total. The SMILES string of the molecule is CSCCC(C(=O)O[C@H]1CN2CCC1CC2)c1ccccc1. The van der Waals surface area contributed by atoms with Crippen molar-refractivity contribution in [1.29, 1.82) is 0 Å². The number of nitrogens with zero attached hydrogens (tertiary/aromatic N) is 1. The largest absolute Gasteiger partial charge is 0.460 e. The number of hydrogen-bond donors (Lipinski definition) is 0. The molecule has 3 heterocycles. The topological polar surface area (TPSA) is 29.5 Å². The minimum absolute atomic E-state index is 0.0287. The van der Waals surface area contributed by atoms with E-state index >= 15 is 0 Å². The van der Waals surface area contributed by atoms with Crippen molar-refractivity contribution in [2.45, 2.75) is 31.3 Å². The Morgan fingerprint density at radius 3 is 2.64 bits per heavy atom. The smallest absolute Gasteiger partial charge is 0.313 e. The second kappa shape index (κ2) is 7.51. The molecule has 0 spiro atoms. The van der Waals surface area contributed by atoms with Crippen LogP contribution >= 0.6 is 11.8 Å². The van der Waals surface area contributed by atoms with Gasteiger partial charge in [0, 0.05) is 6.54 Å². The third-order valence-electron chi connectivity index (χ3n) is 4.96. The van der Waals surface area contributed by atoms with Crippen LogP contribution in [0.5, 0.6) is 0 Å². The summed E-state index contributed by atoms with van der Waals surface area (Å²) < 4.78 is 5.95. The molecule has 1 aromatic carbocycles. The lowest BCUT2D eigenvalue weighted by atomic mass is 9.85. The van der Waals surface area contributed by atoms with Crippen molar-refractivity contribution in [2.75, 3.05) is 31.6 Å². The summed E-state index contributed by atoms with van der Waals surface area (Å²) in [5.41, 5.74) is 1.09. The number of piperidine rings is 3. The molecule has 0 radical (unpaired) electrons. The van der Waals surface area contributed by atoms with Gasteiger partial charge in [0.1, 0.15) is 6.10 Å². The Morgan fingerprint density at radius 1 is 1.32 bits per heavy atom. The molecule has 0 N–H and O–H groups in total. The van der Waals surface area contributed by atoms with E-state index in [1.807, 2.05) is 30.3 Å². The summed E-state index contributed by atoms with van der Waals surface area (Å²) in [7, 11) is 0. The Bertz CT molecular complexity index is 485. The molecule has 120 valence electrons. The predicted molar refractivity (Wildman–Crippen MR) is 91.2 cm³/mol. The highest BCUT2D eigenvalue weighted by molar-refractivity contribution is 7.98. The maximum Gasteiger partial charge on any atom is 0.313 e. The van der Waals surface area contributed by atoms with Gasteiger partial charge in [-0.05, 0) is 55.8 Å². The monoisotopic (exact) mass is 319 g/mol. The maximum absolute atomic E-state index is 12.7. The van der Waals surface area contributed by atoms with Crippen LogP contribution < -0.4 is 0 Å². The fourth-order valence-electron chi connectivity index (χ4n) is 3.62. The average molecular weight is 319 g/mol. The number of carbonyl (C=O) groups excluding carboxylic acids is 1. The van der Waals surface area contributed by atoms with Crippen LogP contribution in [0, 0.1) is 5.92 Å². The molecule has 4 heteroatoms. The van der Waals surface area contributed by atoms with E-state index in [1.165, 1.54) is 25.9 Å². The van der Waals surface area contributed by atoms with Gasteiger partial charge in [0.25, 0.3) is 0 Å². The van der Waals surface area contributed by atoms with Crippen LogP contribution in [-0.2, 0) is 9.53 Å². The van der Waals surface area contributed by atoms with Gasteiger partial charge in [-0.25, -0.2) is 0 Å². The first-order valence-electron chi connectivity index (χ1n) is 8.24. The van der Waals surface area contributed by atoms with E-state index in [9.17, 15) is 4.79 Å². The highest BCUT2D eigenvalue weighted by atomic mass is 32.2. The molecule has 0 saturated carbocycles. The molecule has 3 aliphatic heterocycles. The maximum atomic E-state index is 12.7. The van der Waals surface area contributed by atoms with E-state index in [4.69, 9.17) is 4.74 Å². The summed E-state index contributed by atoms with van der Waals surface area (Å²) in [5.74, 6) is 1.41. The highest BCUT2D eigenvalue weighted by Crippen LogP contribution is 2.31. The summed E-state index contributed by atoms with van der Waals surface area (Å²) in [6.45, 7) is 3.28. The van der Waals surface area contributed by atoms with Crippen molar-refractivity contribution >= 4 is 17.7 Å². The quantitative estimate of drug-likeness (QED) is 0.753. The molecule has 2 bridgehead atoms. The van der Waals surface area contributed by atoms with Gasteiger partial charge in [0.2, 0.25) is 0 Å². The van der Waals surface area contributed by atoms with E-state index < -0.39 is 0 Å². The first-order chi connectivity index (χ1) is 10.8. The fraction of sp³-hybridized carbons (Fsp3) is 0.611. The van der Waals surface area contributed by atoms with Crippen LogP contribution in [-0.4, -0.2) is 48.6 Å². The Morgan fingerprint density at radius 2 is 2.05 bits per heavy atom. The second-order valence-electron chi connectivity index (χ2n) is 6.36. The third-order valence-corrected chi connectivity index (χ3v) is 5.60. The minimum atomic E-state index is -0.121. The van der Waals surface area contributed by atoms with Gasteiger partial charge >= 0.3 is 5.97 Å². The molecule has 22 heavy (non-hydrogen) atoms. The lowest BCUT2D eigenvalue weighted by Crippen LogP contribution is -2.52. The molecule has 1 unspecified atom stereocenters. The number of thioether (sulfide) groups is 1. The van der Waals surface area contributed by atoms with Gasteiger partial charge in [-0.3, -0.25) is 9.69 Å². The van der Waals surface area contributed by atoms with Crippen LogP contribution in [0.3, 0.4) is 0 Å². The van der Waals surface area contributed by atoms with Crippen molar-refractivity contribution in [3.63, 3.8) is 0 Å². The van der Waals surface area contributed by atoms with Crippen molar-refractivity contribution in [2.24, 2.45) is 5.92 Å². The third kappa shape index (κ3) is 3.66. The van der Waals surface area contributed by atoms with Crippen LogP contribution in [0.15, 0.2) is 30.3 Å². The van der Waals surface area contributed by atoms with Gasteiger partial charge in [0.05, 0.1) is 5.92 Å². The second-order valence-corrected chi connectivity index (χ2v) is 7.34. The molecule has 2 atom stereocenters. The van der Waals surface area contributed by atoms with E-state index in [2.05, 4.69) is 11.2 Å². The van der Waals surface area contributed by atoms with Gasteiger partial charge in [-0.15, -0.1) is 0 Å². The fourth-order valence-corrected chi connectivity index (χ4v) is 4.09. The molecule has 3 fully saturated rings.